The van der Waals surface area contributed by atoms with E-state index in [2.05, 4.69) is 10.2 Å². The molecular weight excluding hydrogens is 361 g/mol. The first-order chi connectivity index (χ1) is 12.4. The zero-order valence-corrected chi connectivity index (χ0v) is 15.0. The predicted molar refractivity (Wildman–Crippen MR) is 93.3 cm³/mol. The van der Waals surface area contributed by atoms with Crippen molar-refractivity contribution in [3.05, 3.63) is 65.0 Å². The Labute approximate surface area is 154 Å². The van der Waals surface area contributed by atoms with Gasteiger partial charge in [-0.2, -0.15) is 10.2 Å². The van der Waals surface area contributed by atoms with Crippen LogP contribution < -0.4 is 4.74 Å². The van der Waals surface area contributed by atoms with Crippen LogP contribution >= 0.6 is 11.6 Å². The van der Waals surface area contributed by atoms with Crippen LogP contribution in [-0.2, 0) is 20.3 Å². The molecule has 0 saturated carbocycles. The lowest BCUT2D eigenvalue weighted by Gasteiger charge is -2.15. The summed E-state index contributed by atoms with van der Waals surface area (Å²) in [5.41, 5.74) is 1.22. The first-order valence-corrected chi connectivity index (χ1v) is 8.15. The van der Waals surface area contributed by atoms with Crippen molar-refractivity contribution in [2.45, 2.75) is 13.3 Å². The SMILES string of the molecule is CN(Cc1ccnn1C)C(=O)c1ccn(COc2ccc(F)c(Cl)c2)n1. The van der Waals surface area contributed by atoms with Gasteiger partial charge < -0.3 is 9.64 Å². The van der Waals surface area contributed by atoms with Crippen LogP contribution in [0.15, 0.2) is 42.7 Å². The number of aryl methyl sites for hydroxylation is 1. The van der Waals surface area contributed by atoms with Crippen molar-refractivity contribution < 1.29 is 13.9 Å². The van der Waals surface area contributed by atoms with E-state index in [0.717, 1.165) is 5.69 Å². The van der Waals surface area contributed by atoms with Gasteiger partial charge in [0.1, 0.15) is 11.6 Å². The topological polar surface area (TPSA) is 65.2 Å². The Morgan fingerprint density at radius 3 is 2.85 bits per heavy atom. The van der Waals surface area contributed by atoms with Gasteiger partial charge in [0.25, 0.3) is 5.91 Å². The molecule has 3 aromatic rings. The molecule has 7 nitrogen and oxygen atoms in total. The van der Waals surface area contributed by atoms with Crippen molar-refractivity contribution in [3.8, 4) is 5.75 Å². The Bertz CT molecular complexity index is 924. The second kappa shape index (κ2) is 7.57. The lowest BCUT2D eigenvalue weighted by Crippen LogP contribution is -2.27. The first-order valence-electron chi connectivity index (χ1n) is 7.77. The number of ether oxygens (including phenoxy) is 1. The van der Waals surface area contributed by atoms with E-state index >= 15 is 0 Å². The molecule has 0 bridgehead atoms. The number of hydrogen-bond donors (Lipinski definition) is 0. The smallest absolute Gasteiger partial charge is 0.274 e. The van der Waals surface area contributed by atoms with E-state index in [0.29, 0.717) is 18.0 Å². The van der Waals surface area contributed by atoms with Gasteiger partial charge in [-0.1, -0.05) is 11.6 Å². The Hall–Kier alpha value is -2.87. The fourth-order valence-electron chi connectivity index (χ4n) is 2.32. The summed E-state index contributed by atoms with van der Waals surface area (Å²) in [6.07, 6.45) is 3.32. The molecule has 2 heterocycles. The molecule has 0 aliphatic heterocycles. The fraction of sp³-hybridized carbons (Fsp3) is 0.235. The summed E-state index contributed by atoms with van der Waals surface area (Å²) in [6.45, 7) is 0.494. The number of hydrogen-bond acceptors (Lipinski definition) is 4. The Balaban J connectivity index is 1.60. The molecule has 0 N–H and O–H groups in total. The van der Waals surface area contributed by atoms with Crippen LogP contribution in [0.2, 0.25) is 5.02 Å². The van der Waals surface area contributed by atoms with Crippen molar-refractivity contribution in [1.82, 2.24) is 24.5 Å². The van der Waals surface area contributed by atoms with Crippen LogP contribution in [0, 0.1) is 5.82 Å². The molecule has 26 heavy (non-hydrogen) atoms. The van der Waals surface area contributed by atoms with E-state index in [1.807, 2.05) is 13.1 Å². The molecule has 0 spiro atoms. The van der Waals surface area contributed by atoms with Crippen LogP contribution in [0.3, 0.4) is 0 Å². The Morgan fingerprint density at radius 1 is 1.35 bits per heavy atom. The summed E-state index contributed by atoms with van der Waals surface area (Å²) in [7, 11) is 3.52. The van der Waals surface area contributed by atoms with Gasteiger partial charge in [0.2, 0.25) is 0 Å². The van der Waals surface area contributed by atoms with Crippen LogP contribution in [-0.4, -0.2) is 37.4 Å². The van der Waals surface area contributed by atoms with Crippen molar-refractivity contribution >= 4 is 17.5 Å². The summed E-state index contributed by atoms with van der Waals surface area (Å²) < 4.78 is 21.8. The second-order valence-electron chi connectivity index (χ2n) is 5.70. The third kappa shape index (κ3) is 4.02. The molecule has 0 fully saturated rings. The lowest BCUT2D eigenvalue weighted by molar-refractivity contribution is 0.0774. The highest BCUT2D eigenvalue weighted by atomic mass is 35.5. The summed E-state index contributed by atoms with van der Waals surface area (Å²) >= 11 is 5.71. The number of amides is 1. The highest BCUT2D eigenvalue weighted by Crippen LogP contribution is 2.21. The van der Waals surface area contributed by atoms with Gasteiger partial charge in [-0.3, -0.25) is 9.48 Å². The Kier molecular flexibility index (Phi) is 5.22. The van der Waals surface area contributed by atoms with Gasteiger partial charge in [0.05, 0.1) is 17.3 Å². The zero-order chi connectivity index (χ0) is 18.7. The Morgan fingerprint density at radius 2 is 2.15 bits per heavy atom. The number of benzene rings is 1. The first kappa shape index (κ1) is 17.9. The zero-order valence-electron chi connectivity index (χ0n) is 14.3. The molecule has 2 aromatic heterocycles. The minimum atomic E-state index is -0.512. The number of nitrogens with zero attached hydrogens (tertiary/aromatic N) is 5. The molecule has 0 unspecified atom stereocenters. The van der Waals surface area contributed by atoms with Gasteiger partial charge in [-0.15, -0.1) is 0 Å². The normalized spacial score (nSPS) is 10.8. The van der Waals surface area contributed by atoms with Gasteiger partial charge in [-0.05, 0) is 24.3 Å². The maximum Gasteiger partial charge on any atom is 0.274 e. The third-order valence-corrected chi connectivity index (χ3v) is 4.07. The standard InChI is InChI=1S/C17H17ClFN5O2/c1-22(10-12-5-7-20-23(12)2)17(25)16-6-8-24(21-16)11-26-13-3-4-15(19)14(18)9-13/h3-9H,10-11H2,1-2H3. The summed E-state index contributed by atoms with van der Waals surface area (Å²) in [5.74, 6) is -0.315. The lowest BCUT2D eigenvalue weighted by atomic mass is 10.3. The molecular formula is C17H17ClFN5O2. The summed E-state index contributed by atoms with van der Waals surface area (Å²) in [5, 5.41) is 8.27. The van der Waals surface area contributed by atoms with Crippen molar-refractivity contribution in [2.24, 2.45) is 7.05 Å². The summed E-state index contributed by atoms with van der Waals surface area (Å²) in [6, 6.07) is 7.54. The number of rotatable bonds is 6. The minimum absolute atomic E-state index is 0.0179. The number of carbonyl (C=O) groups is 1. The van der Waals surface area contributed by atoms with Crippen LogP contribution in [0.4, 0.5) is 4.39 Å². The molecule has 3 rings (SSSR count). The molecule has 1 aromatic carbocycles. The van der Waals surface area contributed by atoms with Gasteiger partial charge in [0, 0.05) is 32.6 Å². The van der Waals surface area contributed by atoms with Crippen LogP contribution in [0.5, 0.6) is 5.75 Å². The van der Waals surface area contributed by atoms with Gasteiger partial charge in [0.15, 0.2) is 12.4 Å². The fourth-order valence-corrected chi connectivity index (χ4v) is 2.49. The third-order valence-electron chi connectivity index (χ3n) is 3.78. The van der Waals surface area contributed by atoms with Crippen molar-refractivity contribution in [3.63, 3.8) is 0 Å². The molecule has 136 valence electrons. The van der Waals surface area contributed by atoms with E-state index in [9.17, 15) is 9.18 Å². The monoisotopic (exact) mass is 377 g/mol. The van der Waals surface area contributed by atoms with Gasteiger partial charge >= 0.3 is 0 Å². The van der Waals surface area contributed by atoms with E-state index in [1.54, 1.807) is 35.1 Å². The number of aromatic nitrogens is 4. The van der Waals surface area contributed by atoms with E-state index in [-0.39, 0.29) is 17.7 Å². The van der Waals surface area contributed by atoms with E-state index in [4.69, 9.17) is 16.3 Å². The van der Waals surface area contributed by atoms with Crippen molar-refractivity contribution in [2.75, 3.05) is 7.05 Å². The summed E-state index contributed by atoms with van der Waals surface area (Å²) in [4.78, 5) is 14.0. The molecule has 0 atom stereocenters. The predicted octanol–water partition coefficient (Wildman–Crippen LogP) is 2.72. The highest BCUT2D eigenvalue weighted by molar-refractivity contribution is 6.30. The van der Waals surface area contributed by atoms with Crippen LogP contribution in [0.25, 0.3) is 0 Å². The molecule has 0 radical (unpaired) electrons. The highest BCUT2D eigenvalue weighted by Gasteiger charge is 2.16. The maximum absolute atomic E-state index is 13.1. The number of halogens is 2. The quantitative estimate of drug-likeness (QED) is 0.662. The molecule has 9 heteroatoms. The average Bonchev–Trinajstić information content (AvgIpc) is 3.25. The largest absolute Gasteiger partial charge is 0.471 e. The molecule has 0 aliphatic rings. The van der Waals surface area contributed by atoms with Gasteiger partial charge in [-0.25, -0.2) is 9.07 Å². The minimum Gasteiger partial charge on any atom is -0.471 e. The van der Waals surface area contributed by atoms with E-state index < -0.39 is 5.82 Å². The van der Waals surface area contributed by atoms with Crippen LogP contribution in [0.1, 0.15) is 16.2 Å². The average molecular weight is 378 g/mol. The number of carbonyl (C=O) groups excluding carboxylic acids is 1. The molecule has 0 saturated heterocycles. The van der Waals surface area contributed by atoms with E-state index in [1.165, 1.54) is 22.9 Å². The van der Waals surface area contributed by atoms with Crippen molar-refractivity contribution in [1.29, 1.82) is 0 Å². The molecule has 1 amide bonds. The maximum atomic E-state index is 13.1. The second-order valence-corrected chi connectivity index (χ2v) is 6.10. The molecule has 0 aliphatic carbocycles.